The number of esters is 1. The Bertz CT molecular complexity index is 999. The van der Waals surface area contributed by atoms with Gasteiger partial charge in [-0.2, -0.15) is 0 Å². The molecule has 0 heterocycles. The highest BCUT2D eigenvalue weighted by molar-refractivity contribution is 5.92. The third kappa shape index (κ3) is 4.73. The van der Waals surface area contributed by atoms with Crippen LogP contribution in [0.5, 0.6) is 0 Å². The summed E-state index contributed by atoms with van der Waals surface area (Å²) in [6.07, 6.45) is 5.84. The lowest BCUT2D eigenvalue weighted by Crippen LogP contribution is -2.36. The zero-order valence-electron chi connectivity index (χ0n) is 19.7. The highest BCUT2D eigenvalue weighted by Gasteiger charge is 2.39. The molecule has 0 aromatic heterocycles. The second kappa shape index (κ2) is 8.70. The molecule has 0 bridgehead atoms. The van der Waals surface area contributed by atoms with Crippen LogP contribution >= 0.6 is 0 Å². The predicted octanol–water partition coefficient (Wildman–Crippen LogP) is 6.20. The normalized spacial score (nSPS) is 16.6. The van der Waals surface area contributed by atoms with Crippen molar-refractivity contribution in [1.82, 2.24) is 0 Å². The molecule has 2 aromatic carbocycles. The Morgan fingerprint density at radius 3 is 2.32 bits per heavy atom. The molecule has 2 aromatic rings. The molecule has 0 aliphatic heterocycles. The molecular weight excluding hydrogens is 384 g/mol. The summed E-state index contributed by atoms with van der Waals surface area (Å²) < 4.78 is 5.08. The molecule has 0 saturated carbocycles. The van der Waals surface area contributed by atoms with Gasteiger partial charge < -0.3 is 9.64 Å². The molecule has 0 unspecified atom stereocenters. The number of aliphatic imine (C=N–C) groups is 1. The lowest BCUT2D eigenvalue weighted by Gasteiger charge is -2.44. The molecular formula is C27H34N2O2. The number of fused-ring (bicyclic) bond motifs is 1. The van der Waals surface area contributed by atoms with Gasteiger partial charge in [0.15, 0.2) is 0 Å². The van der Waals surface area contributed by atoms with Crippen LogP contribution in [0.15, 0.2) is 54.0 Å². The number of nitrogens with zero attached hydrogens (tertiary/aromatic N) is 2. The number of ether oxygens (including phenoxy) is 1. The van der Waals surface area contributed by atoms with E-state index in [4.69, 9.17) is 9.73 Å². The highest BCUT2D eigenvalue weighted by atomic mass is 16.5. The number of hydrogen-bond donors (Lipinski definition) is 0. The minimum absolute atomic E-state index is 0.113. The minimum atomic E-state index is -0.357. The monoisotopic (exact) mass is 418 g/mol. The molecule has 0 N–H and O–H groups in total. The molecule has 0 radical (unpaired) electrons. The molecule has 0 spiro atoms. The molecule has 0 saturated heterocycles. The number of rotatable bonds is 6. The predicted molar refractivity (Wildman–Crippen MR) is 130 cm³/mol. The first kappa shape index (κ1) is 22.8. The van der Waals surface area contributed by atoms with Crippen molar-refractivity contribution in [3.05, 3.63) is 71.3 Å². The summed E-state index contributed by atoms with van der Waals surface area (Å²) in [5.74, 6) is -0.357. The lowest BCUT2D eigenvalue weighted by molar-refractivity contribution is 0.0550. The second-order valence-corrected chi connectivity index (χ2v) is 9.78. The van der Waals surface area contributed by atoms with Crippen molar-refractivity contribution in [3.63, 3.8) is 0 Å². The van der Waals surface area contributed by atoms with Crippen molar-refractivity contribution in [1.29, 1.82) is 0 Å². The van der Waals surface area contributed by atoms with Gasteiger partial charge in [0, 0.05) is 31.6 Å². The van der Waals surface area contributed by atoms with Gasteiger partial charge in [-0.3, -0.25) is 4.99 Å². The first-order chi connectivity index (χ1) is 14.6. The smallest absolute Gasteiger partial charge is 0.338 e. The molecule has 0 atom stereocenters. The number of hydrogen-bond acceptors (Lipinski definition) is 4. The molecule has 4 nitrogen and oxygen atoms in total. The van der Waals surface area contributed by atoms with Gasteiger partial charge in [-0.15, -0.1) is 0 Å². The fourth-order valence-corrected chi connectivity index (χ4v) is 4.37. The van der Waals surface area contributed by atoms with Crippen molar-refractivity contribution in [2.24, 2.45) is 4.99 Å². The van der Waals surface area contributed by atoms with Gasteiger partial charge in [0.2, 0.25) is 0 Å². The van der Waals surface area contributed by atoms with E-state index in [9.17, 15) is 4.79 Å². The fraction of sp³-hybridized carbons (Fsp3) is 0.407. The van der Waals surface area contributed by atoms with Gasteiger partial charge in [0.05, 0.1) is 11.3 Å². The molecule has 1 aliphatic carbocycles. The lowest BCUT2D eigenvalue weighted by atomic mass is 9.62. The zero-order valence-corrected chi connectivity index (χ0v) is 19.7. The Labute approximate surface area is 186 Å². The van der Waals surface area contributed by atoms with Gasteiger partial charge in [-0.05, 0) is 59.1 Å². The van der Waals surface area contributed by atoms with Gasteiger partial charge in [-0.25, -0.2) is 4.79 Å². The van der Waals surface area contributed by atoms with Crippen LogP contribution in [0.2, 0.25) is 0 Å². The Kier molecular flexibility index (Phi) is 6.40. The van der Waals surface area contributed by atoms with E-state index in [0.717, 1.165) is 17.7 Å². The second-order valence-electron chi connectivity index (χ2n) is 9.78. The summed E-state index contributed by atoms with van der Waals surface area (Å²) in [5.41, 5.74) is 6.79. The average molecular weight is 419 g/mol. The fourth-order valence-electron chi connectivity index (χ4n) is 4.37. The number of carbonyl (C=O) groups is 1. The highest BCUT2D eigenvalue weighted by Crippen LogP contribution is 2.49. The molecule has 31 heavy (non-hydrogen) atoms. The van der Waals surface area contributed by atoms with Crippen molar-refractivity contribution in [2.75, 3.05) is 25.6 Å². The summed E-state index contributed by atoms with van der Waals surface area (Å²) in [4.78, 5) is 18.9. The van der Waals surface area contributed by atoms with Crippen LogP contribution in [0.4, 0.5) is 11.4 Å². The maximum Gasteiger partial charge on any atom is 0.338 e. The van der Waals surface area contributed by atoms with Crippen LogP contribution in [0.1, 0.15) is 67.6 Å². The Balaban J connectivity index is 1.96. The molecule has 0 fully saturated rings. The zero-order chi connectivity index (χ0) is 22.8. The van der Waals surface area contributed by atoms with E-state index in [-0.39, 0.29) is 23.4 Å². The summed E-state index contributed by atoms with van der Waals surface area (Å²) in [6.45, 7) is 13.1. The summed E-state index contributed by atoms with van der Waals surface area (Å²) >= 11 is 0. The summed E-state index contributed by atoms with van der Waals surface area (Å²) in [7, 11) is 4.21. The molecule has 3 rings (SSSR count). The van der Waals surface area contributed by atoms with Crippen molar-refractivity contribution in [2.45, 2.75) is 51.4 Å². The van der Waals surface area contributed by atoms with Crippen LogP contribution < -0.4 is 4.90 Å². The quantitative estimate of drug-likeness (QED) is 0.319. The van der Waals surface area contributed by atoms with E-state index >= 15 is 0 Å². The SMILES string of the molecule is C=CCOC(=O)c1ccc(N=Cc2ccc3c(c2N(C)C)C(C)(C)CCC3(C)C)cc1. The van der Waals surface area contributed by atoms with Gasteiger partial charge >= 0.3 is 5.97 Å². The van der Waals surface area contributed by atoms with Crippen LogP contribution in [0.25, 0.3) is 0 Å². The Morgan fingerprint density at radius 2 is 1.71 bits per heavy atom. The van der Waals surface area contributed by atoms with E-state index in [2.05, 4.69) is 65.4 Å². The maximum absolute atomic E-state index is 11.9. The van der Waals surface area contributed by atoms with E-state index < -0.39 is 0 Å². The summed E-state index contributed by atoms with van der Waals surface area (Å²) in [5, 5.41) is 0. The standard InChI is InChI=1S/C27H34N2O2/c1-8-17-31-25(30)19-9-12-21(13-10-19)28-18-20-11-14-22-23(24(20)29(6)7)27(4,5)16-15-26(22,2)3/h8-14,18H,1,15-17H2,2-7H3. The van der Waals surface area contributed by atoms with Crippen LogP contribution in [-0.4, -0.2) is 32.9 Å². The van der Waals surface area contributed by atoms with Crippen LogP contribution in [0, 0.1) is 0 Å². The first-order valence-corrected chi connectivity index (χ1v) is 10.8. The molecule has 1 aliphatic rings. The molecule has 4 heteroatoms. The van der Waals surface area contributed by atoms with Crippen LogP contribution in [-0.2, 0) is 15.6 Å². The van der Waals surface area contributed by atoms with E-state index in [1.54, 1.807) is 18.2 Å². The number of benzene rings is 2. The minimum Gasteiger partial charge on any atom is -0.458 e. The summed E-state index contributed by atoms with van der Waals surface area (Å²) in [6, 6.07) is 11.6. The van der Waals surface area contributed by atoms with Gasteiger partial charge in [0.1, 0.15) is 6.61 Å². The van der Waals surface area contributed by atoms with E-state index in [1.165, 1.54) is 23.2 Å². The third-order valence-corrected chi connectivity index (χ3v) is 6.23. The van der Waals surface area contributed by atoms with Crippen molar-refractivity contribution >= 4 is 23.6 Å². The van der Waals surface area contributed by atoms with Crippen LogP contribution in [0.3, 0.4) is 0 Å². The third-order valence-electron chi connectivity index (χ3n) is 6.23. The largest absolute Gasteiger partial charge is 0.458 e. The van der Waals surface area contributed by atoms with Crippen molar-refractivity contribution < 1.29 is 9.53 Å². The van der Waals surface area contributed by atoms with E-state index in [1.807, 2.05) is 18.3 Å². The first-order valence-electron chi connectivity index (χ1n) is 10.8. The molecule has 164 valence electrons. The molecule has 0 amide bonds. The number of carbonyl (C=O) groups excluding carboxylic acids is 1. The topological polar surface area (TPSA) is 41.9 Å². The van der Waals surface area contributed by atoms with Crippen molar-refractivity contribution in [3.8, 4) is 0 Å². The van der Waals surface area contributed by atoms with E-state index in [0.29, 0.717) is 5.56 Å². The Hall–Kier alpha value is -2.88. The number of anilines is 1. The Morgan fingerprint density at radius 1 is 1.06 bits per heavy atom. The van der Waals surface area contributed by atoms with Gasteiger partial charge in [0.25, 0.3) is 0 Å². The maximum atomic E-state index is 11.9. The van der Waals surface area contributed by atoms with Gasteiger partial charge in [-0.1, -0.05) is 52.5 Å². The average Bonchev–Trinajstić information content (AvgIpc) is 2.73.